The Balaban J connectivity index is 1.55. The van der Waals surface area contributed by atoms with E-state index in [4.69, 9.17) is 9.25 Å². The van der Waals surface area contributed by atoms with E-state index >= 15 is 4.39 Å². The Labute approximate surface area is 197 Å². The van der Waals surface area contributed by atoms with Crippen molar-refractivity contribution in [2.45, 2.75) is 26.3 Å². The van der Waals surface area contributed by atoms with Gasteiger partial charge in [0.05, 0.1) is 42.4 Å². The molecule has 0 radical (unpaired) electrons. The van der Waals surface area contributed by atoms with Crippen LogP contribution in [0.1, 0.15) is 34.5 Å². The summed E-state index contributed by atoms with van der Waals surface area (Å²) in [5.41, 5.74) is 4.75. The number of halogens is 2. The highest BCUT2D eigenvalue weighted by Gasteiger charge is 2.25. The lowest BCUT2D eigenvalue weighted by molar-refractivity contribution is 0.0271. The summed E-state index contributed by atoms with van der Waals surface area (Å²) in [6, 6.07) is 7.17. The minimum absolute atomic E-state index is 0.0327. The topological polar surface area (TPSA) is 94.2 Å². The number of rotatable bonds is 8. The monoisotopic (exact) mass is 513 g/mol. The number of oxazole rings is 1. The van der Waals surface area contributed by atoms with Crippen LogP contribution in [0.3, 0.4) is 0 Å². The van der Waals surface area contributed by atoms with E-state index in [-0.39, 0.29) is 16.8 Å². The number of aryl methyl sites for hydroxylation is 1. The second-order valence-corrected chi connectivity index (χ2v) is 9.01. The van der Waals surface area contributed by atoms with Gasteiger partial charge in [0.15, 0.2) is 12.2 Å². The Morgan fingerprint density at radius 2 is 2.21 bits per heavy atom. The van der Waals surface area contributed by atoms with Crippen molar-refractivity contribution in [3.8, 4) is 0 Å². The summed E-state index contributed by atoms with van der Waals surface area (Å²) in [4.78, 5) is 26.6. The largest absolute Gasteiger partial charge is 0.447 e. The van der Waals surface area contributed by atoms with Crippen LogP contribution in [0.15, 0.2) is 52.1 Å². The zero-order chi connectivity index (χ0) is 22.9. The number of nitrogens with one attached hydrogen (secondary N) is 2. The molecule has 0 unspecified atom stereocenters. The number of carbonyl (C=O) groups excluding carboxylic acids is 1. The normalized spacial score (nSPS) is 13.4. The van der Waals surface area contributed by atoms with Gasteiger partial charge < -0.3 is 14.3 Å². The summed E-state index contributed by atoms with van der Waals surface area (Å²) >= 11 is 3.43. The van der Waals surface area contributed by atoms with Crippen molar-refractivity contribution < 1.29 is 18.4 Å². The molecule has 5 rings (SSSR count). The number of benzene rings is 2. The highest BCUT2D eigenvalue weighted by molar-refractivity contribution is 9.10. The van der Waals surface area contributed by atoms with E-state index in [1.807, 2.05) is 25.1 Å². The zero-order valence-electron chi connectivity index (χ0n) is 17.8. The minimum atomic E-state index is -0.626. The first-order chi connectivity index (χ1) is 16.0. The fraction of sp³-hybridized carbons (Fsp3) is 0.261. The molecule has 2 heterocycles. The summed E-state index contributed by atoms with van der Waals surface area (Å²) in [5, 5.41) is 3.09. The average molecular weight is 514 g/mol. The third kappa shape index (κ3) is 4.62. The van der Waals surface area contributed by atoms with Gasteiger partial charge in [-0.15, -0.1) is 0 Å². The lowest BCUT2D eigenvalue weighted by Crippen LogP contribution is -2.26. The van der Waals surface area contributed by atoms with E-state index in [9.17, 15) is 4.79 Å². The van der Waals surface area contributed by atoms with Gasteiger partial charge in [-0.2, -0.15) is 0 Å². The lowest BCUT2D eigenvalue weighted by atomic mass is 10.1. The van der Waals surface area contributed by atoms with E-state index < -0.39 is 11.7 Å². The highest BCUT2D eigenvalue weighted by Crippen LogP contribution is 2.33. The number of hydroxylamine groups is 1. The minimum Gasteiger partial charge on any atom is -0.447 e. The Kier molecular flexibility index (Phi) is 5.86. The SMILES string of the molecule is Cc1cc(Br)ccc1Nc1c(C(=O)NOCC2CC2)cc2c(ncn2Cc2cnco2)c1F. The van der Waals surface area contributed by atoms with Gasteiger partial charge in [0.1, 0.15) is 11.3 Å². The molecular weight excluding hydrogens is 493 g/mol. The summed E-state index contributed by atoms with van der Waals surface area (Å²) in [6.45, 7) is 2.64. The maximum absolute atomic E-state index is 15.7. The third-order valence-corrected chi connectivity index (χ3v) is 6.03. The molecule has 2 aromatic heterocycles. The van der Waals surface area contributed by atoms with Crippen LogP contribution in [0.4, 0.5) is 15.8 Å². The standard InChI is InChI=1S/C23H21BrFN5O3/c1-13-6-15(24)4-5-18(13)28-21-17(23(31)29-33-10-14-2-3-14)7-19-22(20(21)25)27-11-30(19)9-16-8-26-12-32-16/h4-8,11-12,14,28H,2-3,9-10H2,1H3,(H,29,31). The second-order valence-electron chi connectivity index (χ2n) is 8.09. The average Bonchev–Trinajstić information content (AvgIpc) is 3.30. The van der Waals surface area contributed by atoms with E-state index in [1.54, 1.807) is 16.8 Å². The van der Waals surface area contributed by atoms with Crippen LogP contribution in [0, 0.1) is 18.7 Å². The molecule has 0 atom stereocenters. The van der Waals surface area contributed by atoms with Crippen LogP contribution < -0.4 is 10.8 Å². The first kappa shape index (κ1) is 21.6. The molecule has 0 saturated heterocycles. The molecule has 10 heteroatoms. The molecule has 4 aromatic rings. The van der Waals surface area contributed by atoms with Gasteiger partial charge in [-0.25, -0.2) is 19.8 Å². The van der Waals surface area contributed by atoms with Crippen LogP contribution in [0.2, 0.25) is 0 Å². The molecule has 1 aliphatic rings. The van der Waals surface area contributed by atoms with Crippen molar-refractivity contribution in [1.82, 2.24) is 20.0 Å². The van der Waals surface area contributed by atoms with Crippen molar-refractivity contribution in [2.24, 2.45) is 5.92 Å². The quantitative estimate of drug-likeness (QED) is 0.318. The van der Waals surface area contributed by atoms with Crippen LogP contribution >= 0.6 is 15.9 Å². The molecule has 0 bridgehead atoms. The molecule has 0 spiro atoms. The highest BCUT2D eigenvalue weighted by atomic mass is 79.9. The van der Waals surface area contributed by atoms with Crippen LogP contribution in [-0.2, 0) is 11.4 Å². The number of carbonyl (C=O) groups is 1. The summed E-state index contributed by atoms with van der Waals surface area (Å²) in [6.07, 6.45) is 6.59. The number of imidazole rings is 1. The van der Waals surface area contributed by atoms with Crippen LogP contribution in [0.5, 0.6) is 0 Å². The van der Waals surface area contributed by atoms with Crippen molar-refractivity contribution in [3.63, 3.8) is 0 Å². The predicted octanol–water partition coefficient (Wildman–Crippen LogP) is 5.10. The van der Waals surface area contributed by atoms with Crippen LogP contribution in [0.25, 0.3) is 11.0 Å². The Bertz CT molecular complexity index is 1320. The maximum Gasteiger partial charge on any atom is 0.277 e. The molecule has 1 amide bonds. The first-order valence-electron chi connectivity index (χ1n) is 10.5. The van der Waals surface area contributed by atoms with Gasteiger partial charge in [-0.05, 0) is 55.5 Å². The number of amides is 1. The zero-order valence-corrected chi connectivity index (χ0v) is 19.4. The molecule has 1 aliphatic carbocycles. The molecular formula is C23H21BrFN5O3. The van der Waals surface area contributed by atoms with Crippen molar-refractivity contribution in [3.05, 3.63) is 70.4 Å². The molecule has 33 heavy (non-hydrogen) atoms. The molecule has 0 aliphatic heterocycles. The fourth-order valence-corrected chi connectivity index (χ4v) is 4.02. The molecule has 8 nitrogen and oxygen atoms in total. The molecule has 2 aromatic carbocycles. The van der Waals surface area contributed by atoms with E-state index in [2.05, 4.69) is 36.7 Å². The Hall–Kier alpha value is -3.24. The molecule has 1 fully saturated rings. The van der Waals surface area contributed by atoms with Crippen molar-refractivity contribution in [1.29, 1.82) is 0 Å². The number of aromatic nitrogens is 3. The van der Waals surface area contributed by atoms with E-state index in [1.165, 1.54) is 12.7 Å². The number of anilines is 2. The molecule has 2 N–H and O–H groups in total. The smallest absolute Gasteiger partial charge is 0.277 e. The number of fused-ring (bicyclic) bond motifs is 1. The van der Waals surface area contributed by atoms with Crippen LogP contribution in [-0.4, -0.2) is 27.0 Å². The third-order valence-electron chi connectivity index (χ3n) is 5.54. The summed E-state index contributed by atoms with van der Waals surface area (Å²) < 4.78 is 23.6. The van der Waals surface area contributed by atoms with E-state index in [0.29, 0.717) is 36.0 Å². The predicted molar refractivity (Wildman–Crippen MR) is 124 cm³/mol. The van der Waals surface area contributed by atoms with Gasteiger partial charge >= 0.3 is 0 Å². The van der Waals surface area contributed by atoms with Crippen molar-refractivity contribution >= 4 is 44.2 Å². The Morgan fingerprint density at radius 1 is 1.36 bits per heavy atom. The van der Waals surface area contributed by atoms with Gasteiger partial charge in [-0.3, -0.25) is 9.63 Å². The maximum atomic E-state index is 15.7. The first-order valence-corrected chi connectivity index (χ1v) is 11.3. The number of nitrogens with zero attached hydrogens (tertiary/aromatic N) is 3. The number of hydrogen-bond acceptors (Lipinski definition) is 6. The van der Waals surface area contributed by atoms with Gasteiger partial charge in [0, 0.05) is 10.2 Å². The van der Waals surface area contributed by atoms with Gasteiger partial charge in [0.2, 0.25) is 0 Å². The lowest BCUT2D eigenvalue weighted by Gasteiger charge is -2.16. The summed E-state index contributed by atoms with van der Waals surface area (Å²) in [7, 11) is 0. The number of hydrogen-bond donors (Lipinski definition) is 2. The van der Waals surface area contributed by atoms with Gasteiger partial charge in [-0.1, -0.05) is 15.9 Å². The second kappa shape index (κ2) is 8.95. The van der Waals surface area contributed by atoms with E-state index in [0.717, 1.165) is 22.9 Å². The molecule has 1 saturated carbocycles. The fourth-order valence-electron chi connectivity index (χ4n) is 3.54. The Morgan fingerprint density at radius 3 is 2.94 bits per heavy atom. The van der Waals surface area contributed by atoms with Gasteiger partial charge in [0.25, 0.3) is 5.91 Å². The van der Waals surface area contributed by atoms with Crippen molar-refractivity contribution in [2.75, 3.05) is 11.9 Å². The molecule has 170 valence electrons. The summed E-state index contributed by atoms with van der Waals surface area (Å²) in [5.74, 6) is -0.114.